The Balaban J connectivity index is 1.92. The molecule has 0 spiro atoms. The molecule has 0 saturated heterocycles. The minimum atomic E-state index is 0.369. The molecule has 28 heavy (non-hydrogen) atoms. The van der Waals surface area contributed by atoms with Gasteiger partial charge < -0.3 is 9.47 Å². The van der Waals surface area contributed by atoms with Gasteiger partial charge in [-0.15, -0.1) is 0 Å². The number of fused-ring (bicyclic) bond motifs is 1. The van der Waals surface area contributed by atoms with Crippen LogP contribution in [0.5, 0.6) is 11.5 Å². The van der Waals surface area contributed by atoms with Gasteiger partial charge in [0.05, 0.1) is 25.5 Å². The van der Waals surface area contributed by atoms with E-state index in [0.29, 0.717) is 48.2 Å². The molecule has 1 unspecified atom stereocenters. The Morgan fingerprint density at radius 1 is 1.29 bits per heavy atom. The molecule has 0 amide bonds. The van der Waals surface area contributed by atoms with E-state index in [9.17, 15) is 0 Å². The Morgan fingerprint density at radius 2 is 2.07 bits per heavy atom. The van der Waals surface area contributed by atoms with Crippen molar-refractivity contribution in [1.82, 2.24) is 4.98 Å². The van der Waals surface area contributed by atoms with Crippen LogP contribution in [0.3, 0.4) is 0 Å². The molecule has 150 valence electrons. The van der Waals surface area contributed by atoms with Crippen molar-refractivity contribution in [3.63, 3.8) is 0 Å². The zero-order chi connectivity index (χ0) is 19.9. The summed E-state index contributed by atoms with van der Waals surface area (Å²) in [6.07, 6.45) is 2.88. The van der Waals surface area contributed by atoms with Crippen LogP contribution in [0, 0.1) is 11.8 Å². The molecule has 1 aliphatic rings. The number of ether oxygens (including phenoxy) is 2. The maximum absolute atomic E-state index is 6.43. The van der Waals surface area contributed by atoms with E-state index >= 15 is 0 Å². The predicted octanol–water partition coefficient (Wildman–Crippen LogP) is 5.96. The summed E-state index contributed by atoms with van der Waals surface area (Å²) in [7, 11) is 0. The standard InChI is InChI=1S/C23H29ClN2O2/c1-4-5-11-27-21-13-20-22(26-23(21)24)19(12-18(15-28-20)16(2)3)25-14-17-9-7-6-8-10-17/h6-10,13,16,18H,4-5,11-12,14-15H2,1-3H3. The number of rotatable bonds is 7. The first-order valence-electron chi connectivity index (χ1n) is 10.1. The Bertz CT molecular complexity index is 806. The Kier molecular flexibility index (Phi) is 7.32. The first kappa shape index (κ1) is 20.7. The minimum absolute atomic E-state index is 0.369. The van der Waals surface area contributed by atoms with E-state index in [4.69, 9.17) is 26.1 Å². The molecule has 0 saturated carbocycles. The van der Waals surface area contributed by atoms with Gasteiger partial charge in [0.15, 0.2) is 16.7 Å². The van der Waals surface area contributed by atoms with Crippen LogP contribution < -0.4 is 9.47 Å². The molecule has 3 rings (SSSR count). The van der Waals surface area contributed by atoms with Crippen molar-refractivity contribution < 1.29 is 9.47 Å². The van der Waals surface area contributed by atoms with Crippen LogP contribution in [0.15, 0.2) is 41.4 Å². The van der Waals surface area contributed by atoms with E-state index in [1.54, 1.807) is 0 Å². The van der Waals surface area contributed by atoms with E-state index in [-0.39, 0.29) is 0 Å². The van der Waals surface area contributed by atoms with Gasteiger partial charge in [-0.25, -0.2) is 4.98 Å². The summed E-state index contributed by atoms with van der Waals surface area (Å²) in [6, 6.07) is 12.1. The van der Waals surface area contributed by atoms with Crippen molar-refractivity contribution in [2.24, 2.45) is 16.8 Å². The average molecular weight is 401 g/mol. The fourth-order valence-electron chi connectivity index (χ4n) is 3.14. The Morgan fingerprint density at radius 3 is 2.79 bits per heavy atom. The second-order valence-electron chi connectivity index (χ2n) is 7.59. The first-order chi connectivity index (χ1) is 13.6. The van der Waals surface area contributed by atoms with Gasteiger partial charge in [-0.05, 0) is 24.3 Å². The number of aromatic nitrogens is 1. The molecule has 4 nitrogen and oxygen atoms in total. The zero-order valence-electron chi connectivity index (χ0n) is 17.0. The molecule has 5 heteroatoms. The fraction of sp³-hybridized carbons (Fsp3) is 0.478. The summed E-state index contributed by atoms with van der Waals surface area (Å²) in [5, 5.41) is 0.369. The van der Waals surface area contributed by atoms with Crippen molar-refractivity contribution in [3.05, 3.63) is 52.8 Å². The fourth-order valence-corrected chi connectivity index (χ4v) is 3.33. The molecule has 0 radical (unpaired) electrons. The third-order valence-corrected chi connectivity index (χ3v) is 5.36. The van der Waals surface area contributed by atoms with Gasteiger partial charge in [0.2, 0.25) is 0 Å². The number of halogens is 1. The molecular formula is C23H29ClN2O2. The van der Waals surface area contributed by atoms with Gasteiger partial charge in [-0.1, -0.05) is 69.1 Å². The summed E-state index contributed by atoms with van der Waals surface area (Å²) < 4.78 is 11.9. The van der Waals surface area contributed by atoms with Gasteiger partial charge in [0, 0.05) is 12.0 Å². The predicted molar refractivity (Wildman–Crippen MR) is 115 cm³/mol. The lowest BCUT2D eigenvalue weighted by molar-refractivity contribution is 0.218. The number of benzene rings is 1. The van der Waals surface area contributed by atoms with Crippen LogP contribution in [0.4, 0.5) is 0 Å². The Hall–Kier alpha value is -2.07. The third kappa shape index (κ3) is 5.26. The lowest BCUT2D eigenvalue weighted by Crippen LogP contribution is -2.18. The third-order valence-electron chi connectivity index (χ3n) is 5.08. The molecule has 1 aliphatic heterocycles. The Labute approximate surface area is 173 Å². The molecule has 0 aliphatic carbocycles. The monoisotopic (exact) mass is 400 g/mol. The first-order valence-corrected chi connectivity index (χ1v) is 10.5. The van der Waals surface area contributed by atoms with Crippen LogP contribution in [-0.4, -0.2) is 23.9 Å². The van der Waals surface area contributed by atoms with E-state index in [0.717, 1.165) is 30.7 Å². The van der Waals surface area contributed by atoms with Crippen molar-refractivity contribution in [2.45, 2.75) is 46.6 Å². The normalized spacial score (nSPS) is 17.9. The lowest BCUT2D eigenvalue weighted by Gasteiger charge is -2.17. The second kappa shape index (κ2) is 9.92. The molecular weight excluding hydrogens is 372 g/mol. The van der Waals surface area contributed by atoms with E-state index in [1.807, 2.05) is 24.3 Å². The molecule has 2 heterocycles. The van der Waals surface area contributed by atoms with Crippen molar-refractivity contribution >= 4 is 17.3 Å². The van der Waals surface area contributed by atoms with E-state index in [2.05, 4.69) is 37.9 Å². The number of nitrogens with zero attached hydrogens (tertiary/aromatic N) is 2. The summed E-state index contributed by atoms with van der Waals surface area (Å²) >= 11 is 6.43. The molecule has 0 N–H and O–H groups in total. The van der Waals surface area contributed by atoms with Crippen LogP contribution >= 0.6 is 11.6 Å². The molecule has 1 aromatic heterocycles. The van der Waals surface area contributed by atoms with E-state index < -0.39 is 0 Å². The second-order valence-corrected chi connectivity index (χ2v) is 7.95. The minimum Gasteiger partial charge on any atom is -0.491 e. The highest BCUT2D eigenvalue weighted by Crippen LogP contribution is 2.35. The van der Waals surface area contributed by atoms with Gasteiger partial charge in [-0.2, -0.15) is 0 Å². The SMILES string of the molecule is CCCCOc1cc2c(nc1Cl)C(=NCc1ccccc1)CC(C(C)C)CO2. The van der Waals surface area contributed by atoms with Crippen molar-refractivity contribution in [2.75, 3.05) is 13.2 Å². The number of aliphatic imine (C=N–C) groups is 1. The summed E-state index contributed by atoms with van der Waals surface area (Å²) in [6.45, 7) is 8.46. The van der Waals surface area contributed by atoms with Crippen LogP contribution in [-0.2, 0) is 6.54 Å². The molecule has 0 fully saturated rings. The molecule has 1 aromatic carbocycles. The molecule has 1 atom stereocenters. The van der Waals surface area contributed by atoms with Crippen molar-refractivity contribution in [1.29, 1.82) is 0 Å². The topological polar surface area (TPSA) is 43.7 Å². The van der Waals surface area contributed by atoms with Crippen molar-refractivity contribution in [3.8, 4) is 11.5 Å². The highest BCUT2D eigenvalue weighted by atomic mass is 35.5. The van der Waals surface area contributed by atoms with Gasteiger partial charge >= 0.3 is 0 Å². The van der Waals surface area contributed by atoms with Gasteiger partial charge in [0.1, 0.15) is 5.69 Å². The lowest BCUT2D eigenvalue weighted by atomic mass is 9.91. The largest absolute Gasteiger partial charge is 0.491 e. The highest BCUT2D eigenvalue weighted by molar-refractivity contribution is 6.31. The number of hydrogen-bond donors (Lipinski definition) is 0. The van der Waals surface area contributed by atoms with Crippen LogP contribution in [0.25, 0.3) is 0 Å². The smallest absolute Gasteiger partial charge is 0.171 e. The van der Waals surface area contributed by atoms with Gasteiger partial charge in [-0.3, -0.25) is 4.99 Å². The summed E-state index contributed by atoms with van der Waals surface area (Å²) in [5.74, 6) is 2.17. The number of unbranched alkanes of at least 4 members (excludes halogenated alkanes) is 1. The van der Waals surface area contributed by atoms with Crippen LogP contribution in [0.1, 0.15) is 51.3 Å². The van der Waals surface area contributed by atoms with E-state index in [1.165, 1.54) is 5.56 Å². The summed E-state index contributed by atoms with van der Waals surface area (Å²) in [5.41, 5.74) is 2.87. The van der Waals surface area contributed by atoms with Crippen LogP contribution in [0.2, 0.25) is 5.15 Å². The average Bonchev–Trinajstić information content (AvgIpc) is 2.87. The maximum Gasteiger partial charge on any atom is 0.171 e. The quantitative estimate of drug-likeness (QED) is 0.425. The zero-order valence-corrected chi connectivity index (χ0v) is 17.7. The maximum atomic E-state index is 6.43. The highest BCUT2D eigenvalue weighted by Gasteiger charge is 2.27. The molecule has 2 aromatic rings. The summed E-state index contributed by atoms with van der Waals surface area (Å²) in [4.78, 5) is 9.53. The number of pyridine rings is 1. The van der Waals surface area contributed by atoms with Gasteiger partial charge in [0.25, 0.3) is 0 Å². The molecule has 0 bridgehead atoms. The number of hydrogen-bond acceptors (Lipinski definition) is 4.